The Hall–Kier alpha value is -0.0300. The molecule has 2 rings (SSSR count). The fourth-order valence-corrected chi connectivity index (χ4v) is 2.28. The van der Waals surface area contributed by atoms with Gasteiger partial charge in [-0.25, -0.2) is 15.0 Å². The summed E-state index contributed by atoms with van der Waals surface area (Å²) < 4.78 is -3.72. The molecule has 0 spiro atoms. The first-order chi connectivity index (χ1) is 10.5. The highest BCUT2D eigenvalue weighted by atomic mass is 35.6. The van der Waals surface area contributed by atoms with Crippen LogP contribution >= 0.6 is 69.6 Å². The van der Waals surface area contributed by atoms with Crippen LogP contribution in [0.4, 0.5) is 0 Å². The van der Waals surface area contributed by atoms with Gasteiger partial charge in [-0.05, 0) is 11.5 Å². The SMILES string of the molecule is CC(C)c1ccc(-c2nc(C(Cl)(Cl)Cl)nc(C(Cl)(Cl)Cl)n2)cc1. The predicted octanol–water partition coefficient (Wildman–Crippen LogP) is 6.32. The number of rotatable bonds is 2. The summed E-state index contributed by atoms with van der Waals surface area (Å²) in [7, 11) is 0. The van der Waals surface area contributed by atoms with Crippen LogP contribution < -0.4 is 0 Å². The second kappa shape index (κ2) is 7.07. The van der Waals surface area contributed by atoms with Crippen molar-refractivity contribution in [3.05, 3.63) is 41.5 Å². The van der Waals surface area contributed by atoms with Crippen molar-refractivity contribution in [1.29, 1.82) is 0 Å². The first-order valence-electron chi connectivity index (χ1n) is 6.49. The fourth-order valence-electron chi connectivity index (χ4n) is 1.78. The summed E-state index contributed by atoms with van der Waals surface area (Å²) in [5, 5.41) is 0. The molecule has 3 nitrogen and oxygen atoms in total. The summed E-state index contributed by atoms with van der Waals surface area (Å²) in [6.07, 6.45) is 0. The molecule has 0 unspecified atom stereocenters. The average Bonchev–Trinajstić information content (AvgIpc) is 2.45. The summed E-state index contributed by atoms with van der Waals surface area (Å²) in [4.78, 5) is 12.3. The van der Waals surface area contributed by atoms with Crippen molar-refractivity contribution in [2.75, 3.05) is 0 Å². The third-order valence-corrected chi connectivity index (χ3v) is 3.99. The van der Waals surface area contributed by atoms with Gasteiger partial charge in [-0.2, -0.15) is 0 Å². The first kappa shape index (κ1) is 19.3. The number of hydrogen-bond acceptors (Lipinski definition) is 3. The van der Waals surface area contributed by atoms with E-state index in [-0.39, 0.29) is 17.5 Å². The Balaban J connectivity index is 2.57. The summed E-state index contributed by atoms with van der Waals surface area (Å²) >= 11 is 35.1. The van der Waals surface area contributed by atoms with Gasteiger partial charge >= 0.3 is 0 Å². The highest BCUT2D eigenvalue weighted by Crippen LogP contribution is 2.40. The summed E-state index contributed by atoms with van der Waals surface area (Å²) in [6, 6.07) is 7.64. The van der Waals surface area contributed by atoms with E-state index in [1.54, 1.807) is 0 Å². The minimum absolute atomic E-state index is 0.109. The van der Waals surface area contributed by atoms with E-state index in [0.717, 1.165) is 0 Å². The Morgan fingerprint density at radius 2 is 1.17 bits per heavy atom. The van der Waals surface area contributed by atoms with Gasteiger partial charge in [0.25, 0.3) is 0 Å². The van der Waals surface area contributed by atoms with Gasteiger partial charge < -0.3 is 0 Å². The minimum atomic E-state index is -1.86. The maximum atomic E-state index is 5.86. The molecule has 1 aromatic carbocycles. The van der Waals surface area contributed by atoms with Crippen LogP contribution in [0.25, 0.3) is 11.4 Å². The number of nitrogens with zero attached hydrogens (tertiary/aromatic N) is 3. The molecule has 124 valence electrons. The van der Waals surface area contributed by atoms with E-state index in [4.69, 9.17) is 69.6 Å². The third-order valence-electron chi connectivity index (χ3n) is 2.98. The summed E-state index contributed by atoms with van der Waals surface area (Å²) in [5.74, 6) is 0.442. The lowest BCUT2D eigenvalue weighted by Gasteiger charge is -2.15. The molecular weight excluding hydrogens is 423 g/mol. The predicted molar refractivity (Wildman–Crippen MR) is 97.8 cm³/mol. The third kappa shape index (κ3) is 4.97. The van der Waals surface area contributed by atoms with Crippen molar-refractivity contribution >= 4 is 69.6 Å². The van der Waals surface area contributed by atoms with E-state index >= 15 is 0 Å². The van der Waals surface area contributed by atoms with Gasteiger partial charge in [0.05, 0.1) is 0 Å². The van der Waals surface area contributed by atoms with Crippen molar-refractivity contribution < 1.29 is 0 Å². The van der Waals surface area contributed by atoms with Crippen LogP contribution in [-0.2, 0) is 7.59 Å². The summed E-state index contributed by atoms with van der Waals surface area (Å²) in [5.41, 5.74) is 1.87. The molecule has 0 N–H and O–H groups in total. The number of aromatic nitrogens is 3. The highest BCUT2D eigenvalue weighted by Gasteiger charge is 2.33. The van der Waals surface area contributed by atoms with Crippen LogP contribution in [0.5, 0.6) is 0 Å². The van der Waals surface area contributed by atoms with E-state index in [9.17, 15) is 0 Å². The second-order valence-electron chi connectivity index (χ2n) is 5.08. The van der Waals surface area contributed by atoms with Crippen molar-refractivity contribution in [1.82, 2.24) is 15.0 Å². The Morgan fingerprint density at radius 1 is 0.739 bits per heavy atom. The van der Waals surface area contributed by atoms with E-state index < -0.39 is 7.59 Å². The topological polar surface area (TPSA) is 38.7 Å². The van der Waals surface area contributed by atoms with Crippen molar-refractivity contribution in [2.45, 2.75) is 27.4 Å². The average molecular weight is 434 g/mol. The van der Waals surface area contributed by atoms with Gasteiger partial charge in [0.2, 0.25) is 7.59 Å². The van der Waals surface area contributed by atoms with Gasteiger partial charge in [0.1, 0.15) is 0 Å². The lowest BCUT2D eigenvalue weighted by molar-refractivity contribution is 0.849. The first-order valence-corrected chi connectivity index (χ1v) is 8.76. The molecule has 0 bridgehead atoms. The number of alkyl halides is 6. The maximum Gasteiger partial charge on any atom is 0.250 e. The Morgan fingerprint density at radius 3 is 1.52 bits per heavy atom. The lowest BCUT2D eigenvalue weighted by Crippen LogP contribution is -2.16. The molecule has 1 heterocycles. The Labute approximate surface area is 164 Å². The van der Waals surface area contributed by atoms with E-state index in [1.807, 2.05) is 24.3 Å². The Bertz CT molecular complexity index is 657. The Kier molecular flexibility index (Phi) is 5.93. The molecule has 23 heavy (non-hydrogen) atoms. The molecular formula is C14H11Cl6N3. The number of halogens is 6. The van der Waals surface area contributed by atoms with Crippen LogP contribution in [0.2, 0.25) is 0 Å². The smallest absolute Gasteiger partial charge is 0.209 e. The van der Waals surface area contributed by atoms with Crippen LogP contribution in [0.1, 0.15) is 37.0 Å². The van der Waals surface area contributed by atoms with Crippen molar-refractivity contribution in [3.63, 3.8) is 0 Å². The van der Waals surface area contributed by atoms with Gasteiger partial charge in [-0.1, -0.05) is 108 Å². The fraction of sp³-hybridized carbons (Fsp3) is 0.357. The molecule has 0 saturated heterocycles. The van der Waals surface area contributed by atoms with Crippen LogP contribution in [0, 0.1) is 0 Å². The molecule has 0 aliphatic rings. The molecule has 9 heteroatoms. The zero-order valence-electron chi connectivity index (χ0n) is 12.0. The van der Waals surface area contributed by atoms with Crippen molar-refractivity contribution in [3.8, 4) is 11.4 Å². The van der Waals surface area contributed by atoms with Gasteiger partial charge in [0.15, 0.2) is 17.5 Å². The lowest BCUT2D eigenvalue weighted by atomic mass is 10.0. The molecule has 0 aliphatic carbocycles. The van der Waals surface area contributed by atoms with Crippen LogP contribution in [-0.4, -0.2) is 15.0 Å². The molecule has 0 aliphatic heterocycles. The van der Waals surface area contributed by atoms with E-state index in [0.29, 0.717) is 11.5 Å². The second-order valence-corrected chi connectivity index (χ2v) is 9.64. The zero-order chi connectivity index (χ0) is 17.4. The van der Waals surface area contributed by atoms with E-state index in [2.05, 4.69) is 28.8 Å². The van der Waals surface area contributed by atoms with Gasteiger partial charge in [-0.15, -0.1) is 0 Å². The normalized spacial score (nSPS) is 12.7. The zero-order valence-corrected chi connectivity index (χ0v) is 16.5. The maximum absolute atomic E-state index is 5.86. The largest absolute Gasteiger partial charge is 0.250 e. The molecule has 2 aromatic rings. The minimum Gasteiger partial charge on any atom is -0.209 e. The van der Waals surface area contributed by atoms with E-state index in [1.165, 1.54) is 5.56 Å². The molecule has 1 aromatic heterocycles. The van der Waals surface area contributed by atoms with Crippen LogP contribution in [0.15, 0.2) is 24.3 Å². The van der Waals surface area contributed by atoms with Gasteiger partial charge in [0, 0.05) is 5.56 Å². The number of benzene rings is 1. The molecule has 0 saturated carbocycles. The summed E-state index contributed by atoms with van der Waals surface area (Å²) in [6.45, 7) is 4.19. The monoisotopic (exact) mass is 431 g/mol. The quantitative estimate of drug-likeness (QED) is 0.520. The molecule has 0 fully saturated rings. The van der Waals surface area contributed by atoms with Crippen LogP contribution in [0.3, 0.4) is 0 Å². The highest BCUT2D eigenvalue weighted by molar-refractivity contribution is 6.67. The van der Waals surface area contributed by atoms with Crippen molar-refractivity contribution in [2.24, 2.45) is 0 Å². The molecule has 0 atom stereocenters. The standard InChI is InChI=1S/C14H11Cl6N3/c1-7(2)8-3-5-9(6-4-8)10-21-11(13(15,16)17)23-12(22-10)14(18,19)20/h3-7H,1-2H3. The number of hydrogen-bond donors (Lipinski definition) is 0. The van der Waals surface area contributed by atoms with Gasteiger partial charge in [-0.3, -0.25) is 0 Å². The molecule has 0 amide bonds. The molecule has 0 radical (unpaired) electrons.